The van der Waals surface area contributed by atoms with E-state index in [0.29, 0.717) is 23.1 Å². The summed E-state index contributed by atoms with van der Waals surface area (Å²) in [6, 6.07) is 12.9. The molecule has 2 aromatic carbocycles. The fourth-order valence-electron chi connectivity index (χ4n) is 2.15. The van der Waals surface area contributed by atoms with E-state index in [0.717, 1.165) is 16.6 Å². The number of aromatic nitrogens is 2. The smallest absolute Gasteiger partial charge is 0.411 e. The summed E-state index contributed by atoms with van der Waals surface area (Å²) in [6.45, 7) is 2.09. The van der Waals surface area contributed by atoms with Gasteiger partial charge in [-0.3, -0.25) is 5.32 Å². The maximum atomic E-state index is 11.4. The molecule has 5 nitrogen and oxygen atoms in total. The summed E-state index contributed by atoms with van der Waals surface area (Å²) >= 11 is 6.19. The molecule has 0 aliphatic carbocycles. The van der Waals surface area contributed by atoms with Crippen LogP contribution in [0.4, 0.5) is 10.5 Å². The molecule has 2 N–H and O–H groups in total. The fraction of sp³-hybridized carbons (Fsp3) is 0.125. The van der Waals surface area contributed by atoms with Crippen molar-refractivity contribution in [3.05, 3.63) is 47.5 Å². The van der Waals surface area contributed by atoms with Crippen molar-refractivity contribution < 1.29 is 9.53 Å². The molecule has 0 spiro atoms. The first kappa shape index (κ1) is 14.4. The van der Waals surface area contributed by atoms with Gasteiger partial charge >= 0.3 is 6.09 Å². The van der Waals surface area contributed by atoms with Crippen LogP contribution in [0.3, 0.4) is 0 Å². The second-order valence-electron chi connectivity index (χ2n) is 4.64. The molecule has 0 aliphatic rings. The normalized spacial score (nSPS) is 10.6. The number of nitrogens with zero attached hydrogens (tertiary/aromatic N) is 1. The van der Waals surface area contributed by atoms with Gasteiger partial charge in [-0.1, -0.05) is 23.7 Å². The van der Waals surface area contributed by atoms with Gasteiger partial charge in [0.15, 0.2) is 0 Å². The molecule has 1 aromatic heterocycles. The number of fused-ring (bicyclic) bond motifs is 1. The van der Waals surface area contributed by atoms with Crippen LogP contribution in [0.25, 0.3) is 22.4 Å². The van der Waals surface area contributed by atoms with Crippen LogP contribution in [0.1, 0.15) is 6.92 Å². The van der Waals surface area contributed by atoms with E-state index < -0.39 is 6.09 Å². The number of halogens is 1. The topological polar surface area (TPSA) is 67.0 Å². The first-order chi connectivity index (χ1) is 10.7. The van der Waals surface area contributed by atoms with Gasteiger partial charge in [0.2, 0.25) is 0 Å². The summed E-state index contributed by atoms with van der Waals surface area (Å²) in [6.07, 6.45) is -0.479. The van der Waals surface area contributed by atoms with Crippen molar-refractivity contribution in [2.24, 2.45) is 0 Å². The van der Waals surface area contributed by atoms with Crippen LogP contribution in [0, 0.1) is 0 Å². The van der Waals surface area contributed by atoms with Crippen LogP contribution < -0.4 is 5.32 Å². The summed E-state index contributed by atoms with van der Waals surface area (Å²) in [5.74, 6) is 0.689. The highest BCUT2D eigenvalue weighted by Gasteiger charge is 2.09. The molecule has 0 fully saturated rings. The third-order valence-corrected chi connectivity index (χ3v) is 3.46. The van der Waals surface area contributed by atoms with Gasteiger partial charge in [0.1, 0.15) is 5.82 Å². The highest BCUT2D eigenvalue weighted by Crippen LogP contribution is 2.28. The number of hydrogen-bond donors (Lipinski definition) is 2. The molecule has 3 aromatic rings. The first-order valence-electron chi connectivity index (χ1n) is 6.86. The van der Waals surface area contributed by atoms with E-state index in [2.05, 4.69) is 15.3 Å². The Kier molecular flexibility index (Phi) is 3.98. The molecule has 0 saturated carbocycles. The lowest BCUT2D eigenvalue weighted by atomic mass is 10.2. The number of amides is 1. The second-order valence-corrected chi connectivity index (χ2v) is 5.05. The van der Waals surface area contributed by atoms with Gasteiger partial charge in [-0.05, 0) is 37.3 Å². The Balaban J connectivity index is 1.94. The molecule has 0 atom stereocenters. The van der Waals surface area contributed by atoms with Crippen LogP contribution in [-0.4, -0.2) is 22.7 Å². The Morgan fingerprint density at radius 1 is 1.32 bits per heavy atom. The lowest BCUT2D eigenvalue weighted by Gasteiger charge is -2.04. The number of carbonyl (C=O) groups is 1. The predicted octanol–water partition coefficient (Wildman–Crippen LogP) is 4.45. The standard InChI is InChI=1S/C16H14ClN3O2/c1-2-22-16(21)18-10-7-8-13-14(9-10)20-15(19-13)11-5-3-4-6-12(11)17/h3-9H,2H2,1H3,(H,18,21)(H,19,20). The van der Waals surface area contributed by atoms with Gasteiger partial charge in [0.25, 0.3) is 0 Å². The minimum atomic E-state index is -0.479. The predicted molar refractivity (Wildman–Crippen MR) is 87.2 cm³/mol. The van der Waals surface area contributed by atoms with Crippen molar-refractivity contribution in [3.8, 4) is 11.4 Å². The van der Waals surface area contributed by atoms with Crippen molar-refractivity contribution in [1.29, 1.82) is 0 Å². The van der Waals surface area contributed by atoms with Gasteiger partial charge in [-0.25, -0.2) is 9.78 Å². The zero-order valence-corrected chi connectivity index (χ0v) is 12.6. The van der Waals surface area contributed by atoms with Gasteiger partial charge < -0.3 is 9.72 Å². The zero-order chi connectivity index (χ0) is 15.5. The lowest BCUT2D eigenvalue weighted by Crippen LogP contribution is -2.13. The number of rotatable bonds is 3. The number of H-pyrrole nitrogens is 1. The molecule has 1 amide bonds. The van der Waals surface area contributed by atoms with Crippen molar-refractivity contribution in [3.63, 3.8) is 0 Å². The highest BCUT2D eigenvalue weighted by molar-refractivity contribution is 6.33. The van der Waals surface area contributed by atoms with Gasteiger partial charge in [-0.2, -0.15) is 0 Å². The number of ether oxygens (including phenoxy) is 1. The van der Waals surface area contributed by atoms with Crippen LogP contribution >= 0.6 is 11.6 Å². The van der Waals surface area contributed by atoms with E-state index in [1.165, 1.54) is 0 Å². The van der Waals surface area contributed by atoms with E-state index in [1.807, 2.05) is 30.3 Å². The van der Waals surface area contributed by atoms with E-state index in [9.17, 15) is 4.79 Å². The fourth-order valence-corrected chi connectivity index (χ4v) is 2.38. The minimum Gasteiger partial charge on any atom is -0.450 e. The molecule has 0 saturated heterocycles. The Bertz CT molecular complexity index is 829. The van der Waals surface area contributed by atoms with E-state index >= 15 is 0 Å². The average molecular weight is 316 g/mol. The number of imidazole rings is 1. The molecule has 3 rings (SSSR count). The summed E-state index contributed by atoms with van der Waals surface area (Å²) < 4.78 is 4.85. The third kappa shape index (κ3) is 2.89. The molecule has 1 heterocycles. The zero-order valence-electron chi connectivity index (χ0n) is 11.9. The highest BCUT2D eigenvalue weighted by atomic mass is 35.5. The summed E-state index contributed by atoms with van der Waals surface area (Å²) in [5, 5.41) is 3.29. The van der Waals surface area contributed by atoms with E-state index in [-0.39, 0.29) is 0 Å². The molecule has 0 radical (unpaired) electrons. The Labute approximate surface area is 132 Å². The number of anilines is 1. The lowest BCUT2D eigenvalue weighted by molar-refractivity contribution is 0.168. The number of benzene rings is 2. The molecule has 0 aliphatic heterocycles. The number of nitrogens with one attached hydrogen (secondary N) is 2. The molecule has 0 unspecified atom stereocenters. The van der Waals surface area contributed by atoms with Crippen LogP contribution in [0.2, 0.25) is 5.02 Å². The second kappa shape index (κ2) is 6.07. The summed E-state index contributed by atoms with van der Waals surface area (Å²) in [7, 11) is 0. The summed E-state index contributed by atoms with van der Waals surface area (Å²) in [5.41, 5.74) is 3.08. The quantitative estimate of drug-likeness (QED) is 0.750. The molecular weight excluding hydrogens is 302 g/mol. The number of aromatic amines is 1. The summed E-state index contributed by atoms with van der Waals surface area (Å²) in [4.78, 5) is 19.2. The minimum absolute atomic E-state index is 0.328. The van der Waals surface area contributed by atoms with Crippen molar-refractivity contribution in [2.75, 3.05) is 11.9 Å². The van der Waals surface area contributed by atoms with Gasteiger partial charge in [0.05, 0.1) is 22.7 Å². The van der Waals surface area contributed by atoms with Crippen LogP contribution in [-0.2, 0) is 4.74 Å². The molecule has 0 bridgehead atoms. The van der Waals surface area contributed by atoms with Crippen molar-refractivity contribution >= 4 is 34.4 Å². The Hall–Kier alpha value is -2.53. The average Bonchev–Trinajstić information content (AvgIpc) is 2.90. The van der Waals surface area contributed by atoms with Gasteiger partial charge in [-0.15, -0.1) is 0 Å². The van der Waals surface area contributed by atoms with Crippen LogP contribution in [0.15, 0.2) is 42.5 Å². The maximum Gasteiger partial charge on any atom is 0.411 e. The molecule has 22 heavy (non-hydrogen) atoms. The molecular formula is C16H14ClN3O2. The van der Waals surface area contributed by atoms with E-state index in [4.69, 9.17) is 16.3 Å². The number of carbonyl (C=O) groups excluding carboxylic acids is 1. The Morgan fingerprint density at radius 2 is 2.14 bits per heavy atom. The van der Waals surface area contributed by atoms with Crippen molar-refractivity contribution in [2.45, 2.75) is 6.92 Å². The van der Waals surface area contributed by atoms with Crippen LogP contribution in [0.5, 0.6) is 0 Å². The van der Waals surface area contributed by atoms with Gasteiger partial charge in [0, 0.05) is 11.3 Å². The molecule has 112 valence electrons. The molecule has 6 heteroatoms. The number of hydrogen-bond acceptors (Lipinski definition) is 3. The first-order valence-corrected chi connectivity index (χ1v) is 7.23. The van der Waals surface area contributed by atoms with Crippen molar-refractivity contribution in [1.82, 2.24) is 9.97 Å². The largest absolute Gasteiger partial charge is 0.450 e. The van der Waals surface area contributed by atoms with E-state index in [1.54, 1.807) is 19.1 Å². The SMILES string of the molecule is CCOC(=O)Nc1ccc2nc(-c3ccccc3Cl)[nH]c2c1. The monoisotopic (exact) mass is 315 g/mol. The maximum absolute atomic E-state index is 11.4. The third-order valence-electron chi connectivity index (χ3n) is 3.13. The Morgan fingerprint density at radius 3 is 2.91 bits per heavy atom.